The van der Waals surface area contributed by atoms with Crippen LogP contribution >= 0.6 is 11.6 Å². The molecule has 2 aromatic rings. The average molecular weight is 553 g/mol. The zero-order valence-corrected chi connectivity index (χ0v) is 23.1. The van der Waals surface area contributed by atoms with Crippen molar-refractivity contribution < 1.29 is 27.5 Å². The Balaban J connectivity index is 1.49. The minimum atomic E-state index is -4.63. The first kappa shape index (κ1) is 29.8. The third-order valence-electron chi connectivity index (χ3n) is 7.25. The van der Waals surface area contributed by atoms with E-state index in [0.29, 0.717) is 60.7 Å². The minimum Gasteiger partial charge on any atom is -0.493 e. The van der Waals surface area contributed by atoms with E-state index in [1.807, 2.05) is 0 Å². The highest BCUT2D eigenvalue weighted by Gasteiger charge is 2.48. The molecule has 5 nitrogen and oxygen atoms in total. The summed E-state index contributed by atoms with van der Waals surface area (Å²) in [7, 11) is 3.33. The summed E-state index contributed by atoms with van der Waals surface area (Å²) in [5.41, 5.74) is 0.398. The lowest BCUT2D eigenvalue weighted by Crippen LogP contribution is -2.45. The number of rotatable bonds is 9. The van der Waals surface area contributed by atoms with Crippen LogP contribution in [-0.4, -0.2) is 61.6 Å². The Labute approximate surface area is 227 Å². The van der Waals surface area contributed by atoms with Gasteiger partial charge < -0.3 is 14.5 Å². The van der Waals surface area contributed by atoms with Gasteiger partial charge in [0.05, 0.1) is 17.2 Å². The van der Waals surface area contributed by atoms with Gasteiger partial charge in [0, 0.05) is 27.2 Å². The molecular formula is C29H36ClF3N2O3. The molecule has 0 bridgehead atoms. The van der Waals surface area contributed by atoms with Crippen LogP contribution in [0, 0.1) is 17.8 Å². The summed E-state index contributed by atoms with van der Waals surface area (Å²) in [6.07, 6.45) is -2.39. The Kier molecular flexibility index (Phi) is 10.1. The number of ether oxygens (including phenoxy) is 1. The molecule has 2 aromatic carbocycles. The van der Waals surface area contributed by atoms with Gasteiger partial charge in [0.1, 0.15) is 5.75 Å². The van der Waals surface area contributed by atoms with Gasteiger partial charge in [-0.25, -0.2) is 0 Å². The molecule has 3 atom stereocenters. The fourth-order valence-corrected chi connectivity index (χ4v) is 5.37. The fourth-order valence-electron chi connectivity index (χ4n) is 5.12. The van der Waals surface area contributed by atoms with Crippen molar-refractivity contribution in [3.05, 3.63) is 64.7 Å². The van der Waals surface area contributed by atoms with Crippen molar-refractivity contribution in [1.29, 1.82) is 0 Å². The number of hydrogen-bond acceptors (Lipinski definition) is 3. The van der Waals surface area contributed by atoms with Crippen LogP contribution in [0.2, 0.25) is 5.02 Å². The highest BCUT2D eigenvalue weighted by molar-refractivity contribution is 6.34. The number of likely N-dealkylation sites (tertiary alicyclic amines) is 1. The number of hydrogen-bond donors (Lipinski definition) is 0. The molecule has 0 N–H and O–H groups in total. The Hall–Kier alpha value is -2.74. The lowest BCUT2D eigenvalue weighted by atomic mass is 9.80. The highest BCUT2D eigenvalue weighted by Crippen LogP contribution is 2.38. The number of amides is 2. The predicted molar refractivity (Wildman–Crippen MR) is 142 cm³/mol. The maximum absolute atomic E-state index is 13.8. The lowest BCUT2D eigenvalue weighted by molar-refractivity contribution is -0.173. The first-order chi connectivity index (χ1) is 17.9. The molecule has 1 aliphatic rings. The molecule has 1 heterocycles. The molecule has 0 spiro atoms. The standard InChI is InChI=1S/C29H36ClF3N2O3/c1-19(18-38-23-10-11-24(25(30)17-23)27(36)34(3)4)16-20(2)21-12-14-35(15-13-21)28(37)26(29(31,32)33)22-8-6-5-7-9-22/h5-11,17,19-21,26H,12-16,18H2,1-4H3. The van der Waals surface area contributed by atoms with Crippen molar-refractivity contribution >= 4 is 23.4 Å². The highest BCUT2D eigenvalue weighted by atomic mass is 35.5. The zero-order chi connectivity index (χ0) is 28.0. The summed E-state index contributed by atoms with van der Waals surface area (Å²) in [6.45, 7) is 5.38. The minimum absolute atomic E-state index is 0.0189. The van der Waals surface area contributed by atoms with E-state index in [-0.39, 0.29) is 17.4 Å². The summed E-state index contributed by atoms with van der Waals surface area (Å²) >= 11 is 6.26. The fraction of sp³-hybridized carbons (Fsp3) is 0.517. The van der Waals surface area contributed by atoms with Gasteiger partial charge in [-0.1, -0.05) is 55.8 Å². The van der Waals surface area contributed by atoms with Crippen LogP contribution in [0.15, 0.2) is 48.5 Å². The molecule has 0 aromatic heterocycles. The van der Waals surface area contributed by atoms with Crippen LogP contribution in [0.4, 0.5) is 13.2 Å². The van der Waals surface area contributed by atoms with Gasteiger partial charge >= 0.3 is 6.18 Å². The van der Waals surface area contributed by atoms with E-state index in [9.17, 15) is 22.8 Å². The summed E-state index contributed by atoms with van der Waals surface area (Å²) in [5.74, 6) is -1.68. The van der Waals surface area contributed by atoms with Crippen molar-refractivity contribution in [1.82, 2.24) is 9.80 Å². The molecule has 0 saturated carbocycles. The quantitative estimate of drug-likeness (QED) is 0.349. The molecule has 1 saturated heterocycles. The van der Waals surface area contributed by atoms with E-state index < -0.39 is 18.0 Å². The summed E-state index contributed by atoms with van der Waals surface area (Å²) in [5, 5.41) is 0.337. The Morgan fingerprint density at radius 3 is 2.26 bits per heavy atom. The normalized spacial score (nSPS) is 17.0. The number of piperidine rings is 1. The first-order valence-corrected chi connectivity index (χ1v) is 13.3. The molecule has 0 aliphatic carbocycles. The first-order valence-electron chi connectivity index (χ1n) is 12.9. The van der Waals surface area contributed by atoms with E-state index in [1.54, 1.807) is 38.4 Å². The number of carbonyl (C=O) groups excluding carboxylic acids is 2. The van der Waals surface area contributed by atoms with Gasteiger partial charge in [-0.2, -0.15) is 13.2 Å². The molecule has 1 fully saturated rings. The van der Waals surface area contributed by atoms with Crippen LogP contribution < -0.4 is 4.74 Å². The van der Waals surface area contributed by atoms with Gasteiger partial charge in [0.25, 0.3) is 5.91 Å². The Morgan fingerprint density at radius 1 is 1.08 bits per heavy atom. The molecule has 9 heteroatoms. The summed E-state index contributed by atoms with van der Waals surface area (Å²) < 4.78 is 47.3. The number of benzene rings is 2. The smallest absolute Gasteiger partial charge is 0.404 e. The van der Waals surface area contributed by atoms with Gasteiger partial charge in [0.15, 0.2) is 5.92 Å². The molecular weight excluding hydrogens is 517 g/mol. The Morgan fingerprint density at radius 2 is 1.71 bits per heavy atom. The molecule has 2 amide bonds. The van der Waals surface area contributed by atoms with Crippen LogP contribution in [0.1, 0.15) is 54.9 Å². The van der Waals surface area contributed by atoms with E-state index >= 15 is 0 Å². The van der Waals surface area contributed by atoms with E-state index in [2.05, 4.69) is 13.8 Å². The van der Waals surface area contributed by atoms with Crippen LogP contribution in [0.25, 0.3) is 0 Å². The average Bonchev–Trinajstić information content (AvgIpc) is 2.87. The SMILES string of the molecule is CC(COc1ccc(C(=O)N(C)C)c(Cl)c1)CC(C)C1CCN(C(=O)C(c2ccccc2)C(F)(F)F)CC1. The molecule has 1 aliphatic heterocycles. The van der Waals surface area contributed by atoms with Crippen molar-refractivity contribution in [3.8, 4) is 5.75 Å². The van der Waals surface area contributed by atoms with E-state index in [1.165, 1.54) is 34.1 Å². The largest absolute Gasteiger partial charge is 0.493 e. The second-order valence-corrected chi connectivity index (χ2v) is 10.9. The van der Waals surface area contributed by atoms with Crippen LogP contribution in [-0.2, 0) is 4.79 Å². The lowest BCUT2D eigenvalue weighted by Gasteiger charge is -2.37. The van der Waals surface area contributed by atoms with Crippen molar-refractivity contribution in [3.63, 3.8) is 0 Å². The maximum atomic E-state index is 13.8. The third-order valence-corrected chi connectivity index (χ3v) is 7.56. The molecule has 38 heavy (non-hydrogen) atoms. The third kappa shape index (κ3) is 7.65. The van der Waals surface area contributed by atoms with Crippen molar-refractivity contribution in [2.24, 2.45) is 17.8 Å². The van der Waals surface area contributed by atoms with Crippen LogP contribution in [0.3, 0.4) is 0 Å². The summed E-state index contributed by atoms with van der Waals surface area (Å²) in [6, 6.07) is 12.4. The topological polar surface area (TPSA) is 49.9 Å². The summed E-state index contributed by atoms with van der Waals surface area (Å²) in [4.78, 5) is 27.9. The number of halogens is 4. The van der Waals surface area contributed by atoms with Crippen molar-refractivity contribution in [2.75, 3.05) is 33.8 Å². The molecule has 0 radical (unpaired) electrons. The van der Waals surface area contributed by atoms with Gasteiger partial charge in [0.2, 0.25) is 5.91 Å². The van der Waals surface area contributed by atoms with E-state index in [4.69, 9.17) is 16.3 Å². The van der Waals surface area contributed by atoms with Gasteiger partial charge in [-0.3, -0.25) is 9.59 Å². The Bertz CT molecular complexity index is 1090. The second kappa shape index (κ2) is 12.9. The van der Waals surface area contributed by atoms with Gasteiger partial charge in [-0.05, 0) is 60.8 Å². The molecule has 3 unspecified atom stereocenters. The van der Waals surface area contributed by atoms with Gasteiger partial charge in [-0.15, -0.1) is 0 Å². The molecule has 3 rings (SSSR count). The maximum Gasteiger partial charge on any atom is 0.404 e. The van der Waals surface area contributed by atoms with Crippen molar-refractivity contribution in [2.45, 2.75) is 45.2 Å². The predicted octanol–water partition coefficient (Wildman–Crippen LogP) is 6.67. The number of alkyl halides is 3. The number of nitrogens with zero attached hydrogens (tertiary/aromatic N) is 2. The van der Waals surface area contributed by atoms with Crippen LogP contribution in [0.5, 0.6) is 5.75 Å². The van der Waals surface area contributed by atoms with E-state index in [0.717, 1.165) is 6.42 Å². The number of carbonyl (C=O) groups is 2. The molecule has 208 valence electrons. The second-order valence-electron chi connectivity index (χ2n) is 10.5. The zero-order valence-electron chi connectivity index (χ0n) is 22.3. The monoisotopic (exact) mass is 552 g/mol.